The van der Waals surface area contributed by atoms with Crippen LogP contribution in [0.3, 0.4) is 0 Å². The number of hydrogen-bond donors (Lipinski definition) is 0. The zero-order valence-electron chi connectivity index (χ0n) is 29.6. The van der Waals surface area contributed by atoms with Crippen LogP contribution >= 0.6 is 24.6 Å². The van der Waals surface area contributed by atoms with E-state index in [0.717, 1.165) is 12.2 Å². The lowest BCUT2D eigenvalue weighted by Gasteiger charge is -2.43. The minimum Gasteiger partial charge on any atom is -0.440 e. The molecule has 0 amide bonds. The Morgan fingerprint density at radius 3 is 1.69 bits per heavy atom. The standard InChI is InChI=1S/C41H38N3O8P3/c1-6-19-35(20-7-1)47-43-53(49-37-23-10-3-11-24-37)42-55(51-39-27-14-5-15-28-39,52-41-29-17-16-18-34(41)30-31-45-32-40-33-46-40)44(48-36-21-8-2-9-22-36)54(43)50-38-25-12-4-13-26-38/h1-29,40H,30-33H2. The van der Waals surface area contributed by atoms with Crippen molar-refractivity contribution in [2.24, 2.45) is 4.52 Å². The SMILES string of the molecule is c1ccc(ON2P(Oc3ccccc3)N=P(Oc3ccccc3)(Oc3ccccc3CCOCC3CO3)N(Oc3ccccc3)P2Oc2ccccc2)cc1. The highest BCUT2D eigenvalue weighted by molar-refractivity contribution is 7.78. The first-order valence-electron chi connectivity index (χ1n) is 17.7. The van der Waals surface area contributed by atoms with Crippen LogP contribution < -0.4 is 27.8 Å². The first-order valence-corrected chi connectivity index (χ1v) is 21.5. The van der Waals surface area contributed by atoms with Crippen LogP contribution in [-0.4, -0.2) is 35.1 Å². The third-order valence-electron chi connectivity index (χ3n) is 7.95. The van der Waals surface area contributed by atoms with Crippen molar-refractivity contribution in [1.82, 2.24) is 9.21 Å². The highest BCUT2D eigenvalue weighted by Crippen LogP contribution is 2.77. The fraction of sp³-hybridized carbons (Fsp3) is 0.122. The van der Waals surface area contributed by atoms with E-state index in [1.807, 2.05) is 176 Å². The Balaban J connectivity index is 1.31. The van der Waals surface area contributed by atoms with Gasteiger partial charge in [-0.25, -0.2) is 0 Å². The third kappa shape index (κ3) is 9.84. The fourth-order valence-corrected chi connectivity index (χ4v) is 12.7. The summed E-state index contributed by atoms with van der Waals surface area (Å²) in [5, 5.41) is 0. The van der Waals surface area contributed by atoms with Crippen LogP contribution in [0.25, 0.3) is 0 Å². The van der Waals surface area contributed by atoms with Gasteiger partial charge in [0.1, 0.15) is 40.6 Å². The molecule has 2 aliphatic rings. The van der Waals surface area contributed by atoms with E-state index in [0.29, 0.717) is 54.1 Å². The second-order valence-electron chi connectivity index (χ2n) is 12.1. The molecule has 8 rings (SSSR count). The lowest BCUT2D eigenvalue weighted by atomic mass is 10.1. The van der Waals surface area contributed by atoms with Crippen molar-refractivity contribution in [2.45, 2.75) is 12.5 Å². The highest BCUT2D eigenvalue weighted by Gasteiger charge is 2.58. The van der Waals surface area contributed by atoms with Crippen molar-refractivity contribution in [3.05, 3.63) is 181 Å². The Kier molecular flexibility index (Phi) is 12.2. The molecule has 280 valence electrons. The zero-order chi connectivity index (χ0) is 37.1. The number of rotatable bonds is 17. The summed E-state index contributed by atoms with van der Waals surface area (Å²) in [4.78, 5) is 13.6. The molecule has 0 N–H and O–H groups in total. The van der Waals surface area contributed by atoms with Gasteiger partial charge in [0.25, 0.3) is 0 Å². The Morgan fingerprint density at radius 1 is 0.582 bits per heavy atom. The molecule has 6 aromatic carbocycles. The molecule has 2 heterocycles. The molecule has 4 unspecified atom stereocenters. The minimum absolute atomic E-state index is 0.165. The van der Waals surface area contributed by atoms with E-state index < -0.39 is 24.6 Å². The van der Waals surface area contributed by atoms with Crippen molar-refractivity contribution in [2.75, 3.05) is 19.8 Å². The molecule has 0 saturated carbocycles. The molecule has 0 aromatic heterocycles. The van der Waals surface area contributed by atoms with Gasteiger partial charge in [-0.2, -0.15) is 0 Å². The quantitative estimate of drug-likeness (QED) is 0.0504. The summed E-state index contributed by atoms with van der Waals surface area (Å²) >= 11 is 0. The molecular weight excluding hydrogens is 755 g/mol. The van der Waals surface area contributed by atoms with E-state index in [4.69, 9.17) is 41.8 Å². The fourth-order valence-electron chi connectivity index (χ4n) is 5.21. The van der Waals surface area contributed by atoms with Crippen molar-refractivity contribution >= 4 is 24.6 Å². The average molecular weight is 794 g/mol. The van der Waals surface area contributed by atoms with Gasteiger partial charge in [0, 0.05) is 9.21 Å². The molecule has 0 aliphatic carbocycles. The van der Waals surface area contributed by atoms with Crippen LogP contribution in [0.1, 0.15) is 5.56 Å². The van der Waals surface area contributed by atoms with Gasteiger partial charge in [0.05, 0.1) is 19.8 Å². The minimum atomic E-state index is -3.85. The van der Waals surface area contributed by atoms with Crippen LogP contribution in [0.4, 0.5) is 0 Å². The summed E-state index contributed by atoms with van der Waals surface area (Å²) in [7, 11) is -8.11. The van der Waals surface area contributed by atoms with Gasteiger partial charge in [-0.1, -0.05) is 109 Å². The van der Waals surface area contributed by atoms with Crippen molar-refractivity contribution in [3.63, 3.8) is 0 Å². The Morgan fingerprint density at radius 2 is 1.09 bits per heavy atom. The molecule has 1 fully saturated rings. The van der Waals surface area contributed by atoms with E-state index in [9.17, 15) is 0 Å². The molecule has 0 radical (unpaired) electrons. The predicted molar refractivity (Wildman–Crippen MR) is 214 cm³/mol. The lowest BCUT2D eigenvalue weighted by Crippen LogP contribution is -2.37. The molecule has 2 aliphatic heterocycles. The topological polar surface area (TPSA) is 96.0 Å². The summed E-state index contributed by atoms with van der Waals surface area (Å²) in [6.07, 6.45) is 0.736. The van der Waals surface area contributed by atoms with Gasteiger partial charge < -0.3 is 37.2 Å². The van der Waals surface area contributed by atoms with E-state index in [-0.39, 0.29) is 6.10 Å². The van der Waals surface area contributed by atoms with Gasteiger partial charge in [-0.15, -0.1) is 4.52 Å². The second-order valence-corrected chi connectivity index (χ2v) is 17.6. The largest absolute Gasteiger partial charge is 0.447 e. The van der Waals surface area contributed by atoms with E-state index in [1.165, 1.54) is 0 Å². The molecule has 6 aromatic rings. The molecule has 55 heavy (non-hydrogen) atoms. The summed E-state index contributed by atoms with van der Waals surface area (Å²) in [5.74, 6) is 3.23. The number of hydrogen-bond acceptors (Lipinski definition) is 11. The summed E-state index contributed by atoms with van der Waals surface area (Å²) in [5.41, 5.74) is 0.898. The van der Waals surface area contributed by atoms with Crippen LogP contribution in [0.5, 0.6) is 34.5 Å². The maximum Gasteiger partial charge on any atom is 0.447 e. The van der Waals surface area contributed by atoms with Crippen molar-refractivity contribution < 1.29 is 37.2 Å². The molecule has 14 heteroatoms. The molecule has 0 bridgehead atoms. The first-order chi connectivity index (χ1) is 27.2. The van der Waals surface area contributed by atoms with Crippen LogP contribution in [0.2, 0.25) is 0 Å². The predicted octanol–water partition coefficient (Wildman–Crippen LogP) is 11.3. The number of epoxide rings is 1. The summed E-state index contributed by atoms with van der Waals surface area (Å²) in [6, 6.07) is 55.0. The van der Waals surface area contributed by atoms with E-state index >= 15 is 0 Å². The van der Waals surface area contributed by atoms with E-state index in [1.54, 1.807) is 9.21 Å². The maximum absolute atomic E-state index is 7.22. The number of para-hydroxylation sites is 6. The monoisotopic (exact) mass is 793 g/mol. The smallest absolute Gasteiger partial charge is 0.440 e. The van der Waals surface area contributed by atoms with Gasteiger partial charge >= 0.3 is 24.6 Å². The Hall–Kier alpha value is -4.95. The molecule has 11 nitrogen and oxygen atoms in total. The van der Waals surface area contributed by atoms with Gasteiger partial charge in [0.15, 0.2) is 0 Å². The summed E-state index contributed by atoms with van der Waals surface area (Å²) in [6.45, 7) is 1.75. The Bertz CT molecular complexity index is 2140. The van der Waals surface area contributed by atoms with Crippen molar-refractivity contribution in [3.8, 4) is 34.5 Å². The maximum atomic E-state index is 7.22. The third-order valence-corrected chi connectivity index (χ3v) is 14.8. The van der Waals surface area contributed by atoms with Crippen LogP contribution in [-0.2, 0) is 15.9 Å². The zero-order valence-corrected chi connectivity index (χ0v) is 32.3. The average Bonchev–Trinajstić information content (AvgIpc) is 4.07. The summed E-state index contributed by atoms with van der Waals surface area (Å²) < 4.78 is 47.9. The van der Waals surface area contributed by atoms with Crippen molar-refractivity contribution in [1.29, 1.82) is 0 Å². The molecule has 1 saturated heterocycles. The molecule has 0 spiro atoms. The van der Waals surface area contributed by atoms with Crippen LogP contribution in [0.15, 0.2) is 180 Å². The van der Waals surface area contributed by atoms with Gasteiger partial charge in [-0.3, -0.25) is 0 Å². The normalized spacial score (nSPS) is 20.8. The number of nitrogens with zero attached hydrogens (tertiary/aromatic N) is 3. The number of ether oxygens (including phenoxy) is 2. The highest BCUT2D eigenvalue weighted by atomic mass is 31.3. The first kappa shape index (κ1) is 37.0. The number of benzene rings is 6. The Labute approximate surface area is 322 Å². The van der Waals surface area contributed by atoms with Gasteiger partial charge in [-0.05, 0) is 78.7 Å². The van der Waals surface area contributed by atoms with E-state index in [2.05, 4.69) is 0 Å². The molecule has 4 atom stereocenters. The molecular formula is C41H38N3O8P3. The van der Waals surface area contributed by atoms with Crippen LogP contribution in [0, 0.1) is 0 Å². The lowest BCUT2D eigenvalue weighted by molar-refractivity contribution is 0.0545. The second kappa shape index (κ2) is 18.1. The van der Waals surface area contributed by atoms with Gasteiger partial charge in [0.2, 0.25) is 0 Å².